The SMILES string of the molecule is CC(C)CC1(CN2C[C@@H](F)[C@@H](O)C2)CC1. The van der Waals surface area contributed by atoms with Crippen molar-refractivity contribution in [2.45, 2.75) is 45.4 Å². The van der Waals surface area contributed by atoms with E-state index >= 15 is 0 Å². The number of aliphatic hydroxyl groups is 1. The molecule has 2 aliphatic rings. The zero-order valence-electron chi connectivity index (χ0n) is 9.75. The lowest BCUT2D eigenvalue weighted by Crippen LogP contribution is -2.30. The third-order valence-corrected chi connectivity index (χ3v) is 3.65. The van der Waals surface area contributed by atoms with Crippen LogP contribution in [0.25, 0.3) is 0 Å². The maximum absolute atomic E-state index is 13.1. The van der Waals surface area contributed by atoms with Gasteiger partial charge in [-0.05, 0) is 30.6 Å². The first-order valence-electron chi connectivity index (χ1n) is 6.05. The van der Waals surface area contributed by atoms with E-state index < -0.39 is 12.3 Å². The van der Waals surface area contributed by atoms with Gasteiger partial charge in [0.05, 0.1) is 6.10 Å². The normalized spacial score (nSPS) is 35.0. The molecule has 1 saturated heterocycles. The number of alkyl halides is 1. The van der Waals surface area contributed by atoms with E-state index in [0.717, 1.165) is 12.5 Å². The van der Waals surface area contributed by atoms with Gasteiger partial charge in [-0.15, -0.1) is 0 Å². The lowest BCUT2D eigenvalue weighted by atomic mass is 9.94. The molecule has 2 nitrogen and oxygen atoms in total. The number of halogens is 1. The Hall–Kier alpha value is -0.150. The fraction of sp³-hybridized carbons (Fsp3) is 1.00. The molecule has 1 heterocycles. The fourth-order valence-electron chi connectivity index (χ4n) is 2.89. The summed E-state index contributed by atoms with van der Waals surface area (Å²) in [7, 11) is 0. The molecule has 3 heteroatoms. The standard InChI is InChI=1S/C12H22FNO/c1-9(2)5-12(3-4-12)8-14-6-10(13)11(15)7-14/h9-11,15H,3-8H2,1-2H3/t10-,11+/m1/s1. The van der Waals surface area contributed by atoms with Crippen molar-refractivity contribution in [1.82, 2.24) is 4.90 Å². The zero-order valence-corrected chi connectivity index (χ0v) is 9.75. The van der Waals surface area contributed by atoms with Crippen LogP contribution >= 0.6 is 0 Å². The topological polar surface area (TPSA) is 23.5 Å². The minimum absolute atomic E-state index is 0.432. The minimum Gasteiger partial charge on any atom is -0.389 e. The maximum atomic E-state index is 13.1. The van der Waals surface area contributed by atoms with Crippen molar-refractivity contribution < 1.29 is 9.50 Å². The molecule has 0 amide bonds. The number of rotatable bonds is 4. The molecule has 1 aliphatic carbocycles. The van der Waals surface area contributed by atoms with E-state index in [0.29, 0.717) is 18.5 Å². The number of nitrogens with zero attached hydrogens (tertiary/aromatic N) is 1. The van der Waals surface area contributed by atoms with Gasteiger partial charge in [-0.2, -0.15) is 0 Å². The van der Waals surface area contributed by atoms with Gasteiger partial charge in [0, 0.05) is 19.6 Å². The van der Waals surface area contributed by atoms with Crippen LogP contribution in [0, 0.1) is 11.3 Å². The molecule has 2 fully saturated rings. The third-order valence-electron chi connectivity index (χ3n) is 3.65. The van der Waals surface area contributed by atoms with E-state index in [1.165, 1.54) is 19.3 Å². The van der Waals surface area contributed by atoms with Crippen LogP contribution in [-0.4, -0.2) is 41.9 Å². The van der Waals surface area contributed by atoms with Crippen LogP contribution < -0.4 is 0 Å². The van der Waals surface area contributed by atoms with E-state index in [1.807, 2.05) is 0 Å². The highest BCUT2D eigenvalue weighted by Crippen LogP contribution is 2.51. The largest absolute Gasteiger partial charge is 0.389 e. The van der Waals surface area contributed by atoms with Crippen molar-refractivity contribution >= 4 is 0 Å². The Bertz CT molecular complexity index is 218. The second-order valence-electron chi connectivity index (χ2n) is 5.88. The second kappa shape index (κ2) is 4.02. The Kier molecular flexibility index (Phi) is 3.04. The first-order valence-corrected chi connectivity index (χ1v) is 6.05. The van der Waals surface area contributed by atoms with Crippen molar-refractivity contribution in [3.05, 3.63) is 0 Å². The van der Waals surface area contributed by atoms with Crippen LogP contribution in [0.4, 0.5) is 4.39 Å². The number of likely N-dealkylation sites (tertiary alicyclic amines) is 1. The van der Waals surface area contributed by atoms with Crippen LogP contribution in [0.5, 0.6) is 0 Å². The summed E-state index contributed by atoms with van der Waals surface area (Å²) in [5.74, 6) is 0.723. The summed E-state index contributed by atoms with van der Waals surface area (Å²) >= 11 is 0. The first-order chi connectivity index (χ1) is 7.01. The van der Waals surface area contributed by atoms with Crippen molar-refractivity contribution in [2.75, 3.05) is 19.6 Å². The van der Waals surface area contributed by atoms with Gasteiger partial charge in [0.25, 0.3) is 0 Å². The van der Waals surface area contributed by atoms with Gasteiger partial charge in [0.2, 0.25) is 0 Å². The predicted octanol–water partition coefficient (Wildman–Crippen LogP) is 1.83. The highest BCUT2D eigenvalue weighted by Gasteiger charge is 2.45. The highest BCUT2D eigenvalue weighted by molar-refractivity contribution is 4.98. The summed E-state index contributed by atoms with van der Waals surface area (Å²) < 4.78 is 13.1. The van der Waals surface area contributed by atoms with Gasteiger partial charge in [0.15, 0.2) is 0 Å². The molecule has 0 radical (unpaired) electrons. The van der Waals surface area contributed by atoms with Crippen LogP contribution in [0.1, 0.15) is 33.1 Å². The van der Waals surface area contributed by atoms with Gasteiger partial charge in [-0.25, -0.2) is 4.39 Å². The lowest BCUT2D eigenvalue weighted by molar-refractivity contribution is 0.115. The maximum Gasteiger partial charge on any atom is 0.140 e. The molecule has 0 aromatic carbocycles. The molecular formula is C12H22FNO. The van der Waals surface area contributed by atoms with Crippen LogP contribution in [0.15, 0.2) is 0 Å². The lowest BCUT2D eigenvalue weighted by Gasteiger charge is -2.24. The van der Waals surface area contributed by atoms with Crippen LogP contribution in [0.2, 0.25) is 0 Å². The monoisotopic (exact) mass is 215 g/mol. The van der Waals surface area contributed by atoms with Gasteiger partial charge in [-0.3, -0.25) is 4.90 Å². The molecule has 88 valence electrons. The van der Waals surface area contributed by atoms with Gasteiger partial charge < -0.3 is 5.11 Å². The Morgan fingerprint density at radius 1 is 1.40 bits per heavy atom. The van der Waals surface area contributed by atoms with Crippen LogP contribution in [0.3, 0.4) is 0 Å². The quantitative estimate of drug-likeness (QED) is 0.773. The summed E-state index contributed by atoms with van der Waals surface area (Å²) in [6.07, 6.45) is 2.04. The van der Waals surface area contributed by atoms with Crippen molar-refractivity contribution in [3.63, 3.8) is 0 Å². The van der Waals surface area contributed by atoms with Gasteiger partial charge in [-0.1, -0.05) is 13.8 Å². The molecule has 2 atom stereocenters. The molecule has 1 aliphatic heterocycles. The van der Waals surface area contributed by atoms with Crippen molar-refractivity contribution in [2.24, 2.45) is 11.3 Å². The molecule has 1 saturated carbocycles. The van der Waals surface area contributed by atoms with Crippen LogP contribution in [-0.2, 0) is 0 Å². The third kappa shape index (κ3) is 2.70. The molecule has 1 N–H and O–H groups in total. The molecule has 0 aromatic rings. The van der Waals surface area contributed by atoms with E-state index in [2.05, 4.69) is 18.7 Å². The Labute approximate surface area is 91.5 Å². The Morgan fingerprint density at radius 3 is 2.47 bits per heavy atom. The number of β-amino-alcohol motifs (C(OH)–C–C–N with tert-alkyl or cyclic N) is 1. The minimum atomic E-state index is -1.03. The summed E-state index contributed by atoms with van der Waals surface area (Å²) in [5.41, 5.74) is 0.456. The number of aliphatic hydroxyl groups excluding tert-OH is 1. The Morgan fingerprint density at radius 2 is 2.07 bits per heavy atom. The molecule has 15 heavy (non-hydrogen) atoms. The average molecular weight is 215 g/mol. The molecule has 2 rings (SSSR count). The summed E-state index contributed by atoms with van der Waals surface area (Å²) in [4.78, 5) is 2.10. The average Bonchev–Trinajstić information content (AvgIpc) is 2.75. The molecule has 0 aromatic heterocycles. The second-order valence-corrected chi connectivity index (χ2v) is 5.88. The summed E-state index contributed by atoms with van der Waals surface area (Å²) in [5, 5.41) is 9.35. The molecule has 0 spiro atoms. The van der Waals surface area contributed by atoms with E-state index in [1.54, 1.807) is 0 Å². The molecular weight excluding hydrogens is 193 g/mol. The van der Waals surface area contributed by atoms with Gasteiger partial charge >= 0.3 is 0 Å². The predicted molar refractivity (Wildman–Crippen MR) is 58.5 cm³/mol. The van der Waals surface area contributed by atoms with Crippen molar-refractivity contribution in [1.29, 1.82) is 0 Å². The molecule has 0 bridgehead atoms. The zero-order chi connectivity index (χ0) is 11.1. The smallest absolute Gasteiger partial charge is 0.140 e. The highest BCUT2D eigenvalue weighted by atomic mass is 19.1. The summed E-state index contributed by atoms with van der Waals surface area (Å²) in [6, 6.07) is 0. The van der Waals surface area contributed by atoms with Gasteiger partial charge in [0.1, 0.15) is 6.17 Å². The Balaban J connectivity index is 1.82. The molecule has 0 unspecified atom stereocenters. The fourth-order valence-corrected chi connectivity index (χ4v) is 2.89. The van der Waals surface area contributed by atoms with Crippen molar-refractivity contribution in [3.8, 4) is 0 Å². The number of hydrogen-bond acceptors (Lipinski definition) is 2. The first kappa shape index (κ1) is 11.3. The van der Waals surface area contributed by atoms with E-state index in [9.17, 15) is 9.50 Å². The number of hydrogen-bond donors (Lipinski definition) is 1. The van der Waals surface area contributed by atoms with E-state index in [-0.39, 0.29) is 0 Å². The van der Waals surface area contributed by atoms with E-state index in [4.69, 9.17) is 0 Å². The summed E-state index contributed by atoms with van der Waals surface area (Å²) in [6.45, 7) is 6.44.